The van der Waals surface area contributed by atoms with Gasteiger partial charge in [-0.3, -0.25) is 5.10 Å². The molecule has 0 bridgehead atoms. The molecule has 120 valence electrons. The summed E-state index contributed by atoms with van der Waals surface area (Å²) in [4.78, 5) is 11.9. The van der Waals surface area contributed by atoms with E-state index in [2.05, 4.69) is 31.7 Å². The van der Waals surface area contributed by atoms with Gasteiger partial charge in [0.05, 0.1) is 5.69 Å². The molecule has 1 rings (SSSR count). The van der Waals surface area contributed by atoms with Crippen LogP contribution in [0.3, 0.4) is 0 Å². The summed E-state index contributed by atoms with van der Waals surface area (Å²) in [6.07, 6.45) is 1.17. The van der Waals surface area contributed by atoms with Crippen LogP contribution in [-0.2, 0) is 9.89 Å². The van der Waals surface area contributed by atoms with E-state index >= 15 is 0 Å². The van der Waals surface area contributed by atoms with Gasteiger partial charge < -0.3 is 10.1 Å². The number of nitrogens with one attached hydrogen (secondary N) is 2. The Labute approximate surface area is 129 Å². The van der Waals surface area contributed by atoms with Crippen molar-refractivity contribution in [2.75, 3.05) is 0 Å². The summed E-state index contributed by atoms with van der Waals surface area (Å²) >= 11 is 0. The third-order valence-electron chi connectivity index (χ3n) is 3.43. The van der Waals surface area contributed by atoms with E-state index in [1.165, 1.54) is 0 Å². The number of nitrogens with zero attached hydrogens (tertiary/aromatic N) is 1. The van der Waals surface area contributed by atoms with E-state index in [4.69, 9.17) is 4.74 Å². The van der Waals surface area contributed by atoms with E-state index in [0.29, 0.717) is 6.42 Å². The number of ether oxygens (including phenoxy) is 1. The van der Waals surface area contributed by atoms with Crippen LogP contribution < -0.4 is 5.32 Å². The summed E-state index contributed by atoms with van der Waals surface area (Å²) in [6, 6.07) is 2.13. The maximum atomic E-state index is 11.9. The molecular formula is C15H28N3O2P. The zero-order valence-electron chi connectivity index (χ0n) is 13.9. The SMILES string of the molecule is CCC(C)NC(=O)OC(C)(C)CC(C)(P)c1cc(C)[nH]n1. The van der Waals surface area contributed by atoms with Gasteiger partial charge in [0, 0.05) is 23.3 Å². The van der Waals surface area contributed by atoms with E-state index < -0.39 is 5.60 Å². The third kappa shape index (κ3) is 5.66. The number of carbonyl (C=O) groups is 1. The molecule has 2 N–H and O–H groups in total. The van der Waals surface area contributed by atoms with E-state index in [1.807, 2.05) is 40.7 Å². The lowest BCUT2D eigenvalue weighted by Gasteiger charge is -2.33. The Balaban J connectivity index is 2.68. The molecule has 0 fully saturated rings. The molecule has 5 nitrogen and oxygen atoms in total. The summed E-state index contributed by atoms with van der Waals surface area (Å²) in [7, 11) is 2.82. The zero-order valence-corrected chi connectivity index (χ0v) is 15.1. The molecule has 0 aliphatic heterocycles. The number of hydrogen-bond donors (Lipinski definition) is 2. The highest BCUT2D eigenvalue weighted by molar-refractivity contribution is 7.18. The molecule has 0 aliphatic rings. The van der Waals surface area contributed by atoms with Crippen molar-refractivity contribution in [3.8, 4) is 0 Å². The molecule has 0 radical (unpaired) electrons. The number of rotatable bonds is 6. The summed E-state index contributed by atoms with van der Waals surface area (Å²) in [5, 5.41) is 9.83. The molecule has 6 heteroatoms. The van der Waals surface area contributed by atoms with Gasteiger partial charge in [0.15, 0.2) is 0 Å². The number of alkyl carbamates (subject to hydrolysis) is 1. The molecule has 0 saturated carbocycles. The Kier molecular flexibility index (Phi) is 5.80. The quantitative estimate of drug-likeness (QED) is 0.790. The largest absolute Gasteiger partial charge is 0.443 e. The second-order valence-electron chi connectivity index (χ2n) is 6.63. The van der Waals surface area contributed by atoms with Crippen molar-refractivity contribution in [2.24, 2.45) is 0 Å². The molecule has 0 aliphatic carbocycles. The van der Waals surface area contributed by atoms with Crippen LogP contribution >= 0.6 is 9.24 Å². The maximum absolute atomic E-state index is 11.9. The van der Waals surface area contributed by atoms with Crippen LogP contribution in [0.25, 0.3) is 0 Å². The van der Waals surface area contributed by atoms with E-state index in [1.54, 1.807) is 0 Å². The van der Waals surface area contributed by atoms with E-state index in [0.717, 1.165) is 17.8 Å². The Morgan fingerprint density at radius 2 is 2.14 bits per heavy atom. The maximum Gasteiger partial charge on any atom is 0.407 e. The van der Waals surface area contributed by atoms with Crippen LogP contribution in [0.2, 0.25) is 0 Å². The van der Waals surface area contributed by atoms with Crippen LogP contribution in [0.1, 0.15) is 58.8 Å². The predicted molar refractivity (Wildman–Crippen MR) is 88.5 cm³/mol. The highest BCUT2D eigenvalue weighted by Crippen LogP contribution is 2.39. The first kappa shape index (κ1) is 18.0. The van der Waals surface area contributed by atoms with Crippen LogP contribution in [-0.4, -0.2) is 27.9 Å². The molecule has 1 aromatic heterocycles. The lowest BCUT2D eigenvalue weighted by atomic mass is 9.91. The fourth-order valence-corrected chi connectivity index (χ4v) is 2.94. The van der Waals surface area contributed by atoms with Crippen LogP contribution in [0.5, 0.6) is 0 Å². The fourth-order valence-electron chi connectivity index (χ4n) is 2.31. The molecule has 1 aromatic rings. The smallest absolute Gasteiger partial charge is 0.407 e. The standard InChI is InChI=1S/C15H28N3O2P/c1-7-10(2)16-13(19)20-14(4,5)9-15(6,21)12-8-11(3)17-18-12/h8,10H,7,9,21H2,1-6H3,(H,16,19)(H,17,18). The van der Waals surface area contributed by atoms with Gasteiger partial charge in [-0.2, -0.15) is 5.10 Å². The summed E-state index contributed by atoms with van der Waals surface area (Å²) < 4.78 is 5.57. The lowest BCUT2D eigenvalue weighted by molar-refractivity contribution is 0.0239. The molecule has 0 aromatic carbocycles. The van der Waals surface area contributed by atoms with Gasteiger partial charge in [-0.1, -0.05) is 13.8 Å². The van der Waals surface area contributed by atoms with Gasteiger partial charge in [-0.15, -0.1) is 9.24 Å². The third-order valence-corrected chi connectivity index (χ3v) is 3.93. The average molecular weight is 313 g/mol. The Morgan fingerprint density at radius 1 is 1.52 bits per heavy atom. The second kappa shape index (κ2) is 6.78. The minimum atomic E-state index is -0.582. The number of amides is 1. The van der Waals surface area contributed by atoms with Gasteiger partial charge in [-0.05, 0) is 40.2 Å². The number of aryl methyl sites for hydroxylation is 1. The normalized spacial score (nSPS) is 16.1. The first-order chi connectivity index (χ1) is 9.55. The Hall–Kier alpha value is -1.09. The van der Waals surface area contributed by atoms with Gasteiger partial charge in [0.1, 0.15) is 5.60 Å². The van der Waals surface area contributed by atoms with Gasteiger partial charge >= 0.3 is 6.09 Å². The predicted octanol–water partition coefficient (Wildman–Crippen LogP) is 3.50. The minimum Gasteiger partial charge on any atom is -0.443 e. The van der Waals surface area contributed by atoms with Crippen molar-refractivity contribution in [3.05, 3.63) is 17.5 Å². The number of hydrogen-bond acceptors (Lipinski definition) is 3. The molecular weight excluding hydrogens is 285 g/mol. The zero-order chi connectivity index (χ0) is 16.3. The lowest BCUT2D eigenvalue weighted by Crippen LogP contribution is -2.41. The van der Waals surface area contributed by atoms with Gasteiger partial charge in [-0.25, -0.2) is 4.79 Å². The molecule has 1 heterocycles. The van der Waals surface area contributed by atoms with Crippen molar-refractivity contribution in [3.63, 3.8) is 0 Å². The number of H-pyrrole nitrogens is 1. The van der Waals surface area contributed by atoms with Crippen molar-refractivity contribution in [1.29, 1.82) is 0 Å². The van der Waals surface area contributed by atoms with Crippen molar-refractivity contribution < 1.29 is 9.53 Å². The van der Waals surface area contributed by atoms with Crippen molar-refractivity contribution in [2.45, 2.75) is 71.2 Å². The highest BCUT2D eigenvalue weighted by atomic mass is 31.0. The number of aromatic amines is 1. The van der Waals surface area contributed by atoms with Gasteiger partial charge in [0.2, 0.25) is 0 Å². The topological polar surface area (TPSA) is 67.0 Å². The fraction of sp³-hybridized carbons (Fsp3) is 0.733. The number of aromatic nitrogens is 2. The molecule has 0 spiro atoms. The summed E-state index contributed by atoms with van der Waals surface area (Å²) in [5.41, 5.74) is 1.39. The molecule has 21 heavy (non-hydrogen) atoms. The van der Waals surface area contributed by atoms with Crippen LogP contribution in [0.15, 0.2) is 6.07 Å². The monoisotopic (exact) mass is 313 g/mol. The van der Waals surface area contributed by atoms with Crippen molar-refractivity contribution in [1.82, 2.24) is 15.5 Å². The highest BCUT2D eigenvalue weighted by Gasteiger charge is 2.35. The first-order valence-corrected chi connectivity index (χ1v) is 7.94. The average Bonchev–Trinajstić information content (AvgIpc) is 2.73. The second-order valence-corrected chi connectivity index (χ2v) is 7.91. The molecule has 3 atom stereocenters. The van der Waals surface area contributed by atoms with Crippen LogP contribution in [0.4, 0.5) is 4.79 Å². The molecule has 0 saturated heterocycles. The van der Waals surface area contributed by atoms with E-state index in [-0.39, 0.29) is 17.3 Å². The Bertz CT molecular complexity index is 483. The van der Waals surface area contributed by atoms with Crippen LogP contribution in [0, 0.1) is 6.92 Å². The molecule has 1 amide bonds. The number of carbonyl (C=O) groups excluding carboxylic acids is 1. The van der Waals surface area contributed by atoms with E-state index in [9.17, 15) is 4.79 Å². The van der Waals surface area contributed by atoms with Crippen molar-refractivity contribution >= 4 is 15.3 Å². The Morgan fingerprint density at radius 3 is 2.62 bits per heavy atom. The summed E-state index contributed by atoms with van der Waals surface area (Å²) in [5.74, 6) is 0. The summed E-state index contributed by atoms with van der Waals surface area (Å²) in [6.45, 7) is 11.9. The minimum absolute atomic E-state index is 0.115. The first-order valence-electron chi connectivity index (χ1n) is 7.36. The van der Waals surface area contributed by atoms with Gasteiger partial charge in [0.25, 0.3) is 0 Å². The molecule has 3 unspecified atom stereocenters.